The van der Waals surface area contributed by atoms with Gasteiger partial charge in [-0.3, -0.25) is 15.0 Å². The first kappa shape index (κ1) is 12.7. The molecule has 2 aromatic rings. The molecule has 0 saturated heterocycles. The van der Waals surface area contributed by atoms with Crippen molar-refractivity contribution in [1.29, 1.82) is 0 Å². The number of aromatic nitrogens is 3. The van der Waals surface area contributed by atoms with Gasteiger partial charge in [-0.25, -0.2) is 0 Å². The van der Waals surface area contributed by atoms with E-state index in [2.05, 4.69) is 27.0 Å². The molecule has 0 spiro atoms. The first-order valence-electron chi connectivity index (χ1n) is 6.11. The molecule has 2 heterocycles. The summed E-state index contributed by atoms with van der Waals surface area (Å²) in [6, 6.07) is 3.91. The van der Waals surface area contributed by atoms with Crippen LogP contribution in [0.3, 0.4) is 0 Å². The Labute approximate surface area is 106 Å². The van der Waals surface area contributed by atoms with Crippen LogP contribution in [0, 0.1) is 0 Å². The fourth-order valence-electron chi connectivity index (χ4n) is 1.92. The van der Waals surface area contributed by atoms with Gasteiger partial charge in [0.25, 0.3) is 0 Å². The molecule has 18 heavy (non-hydrogen) atoms. The smallest absolute Gasteiger partial charge is 0.0710 e. The maximum atomic E-state index is 9.01. The normalized spacial score (nSPS) is 11.1. The second kappa shape index (κ2) is 6.28. The van der Waals surface area contributed by atoms with E-state index in [9.17, 15) is 0 Å². The molecule has 0 aliphatic rings. The topological polar surface area (TPSA) is 65.0 Å². The summed E-state index contributed by atoms with van der Waals surface area (Å²) < 4.78 is 0. The zero-order valence-corrected chi connectivity index (χ0v) is 10.5. The van der Waals surface area contributed by atoms with Crippen LogP contribution < -0.4 is 0 Å². The van der Waals surface area contributed by atoms with E-state index in [0.717, 1.165) is 29.9 Å². The van der Waals surface area contributed by atoms with Gasteiger partial charge >= 0.3 is 0 Å². The number of nitrogens with one attached hydrogen (secondary N) is 1. The summed E-state index contributed by atoms with van der Waals surface area (Å²) in [7, 11) is 0. The lowest BCUT2D eigenvalue weighted by atomic mass is 10.1. The summed E-state index contributed by atoms with van der Waals surface area (Å²) in [5, 5.41) is 16.1. The second-order valence-corrected chi connectivity index (χ2v) is 4.10. The average molecular weight is 246 g/mol. The molecule has 0 radical (unpaired) electrons. The molecule has 0 aliphatic heterocycles. The maximum Gasteiger partial charge on any atom is 0.0710 e. The van der Waals surface area contributed by atoms with E-state index >= 15 is 0 Å². The number of hydrogen-bond donors (Lipinski definition) is 2. The van der Waals surface area contributed by atoms with Crippen LogP contribution >= 0.6 is 0 Å². The quantitative estimate of drug-likeness (QED) is 0.806. The Morgan fingerprint density at radius 2 is 2.28 bits per heavy atom. The SMILES string of the molecule is CCN(CCO)Cc1cn[nH]c1-c1cccnc1. The third-order valence-electron chi connectivity index (χ3n) is 2.93. The first-order valence-corrected chi connectivity index (χ1v) is 6.11. The van der Waals surface area contributed by atoms with Crippen molar-refractivity contribution in [3.8, 4) is 11.3 Å². The number of pyridine rings is 1. The van der Waals surface area contributed by atoms with Gasteiger partial charge in [-0.1, -0.05) is 6.92 Å². The average Bonchev–Trinajstić information content (AvgIpc) is 2.87. The number of rotatable bonds is 6. The van der Waals surface area contributed by atoms with Crippen LogP contribution in [0.15, 0.2) is 30.7 Å². The summed E-state index contributed by atoms with van der Waals surface area (Å²) in [6.45, 7) is 4.61. The minimum absolute atomic E-state index is 0.175. The Morgan fingerprint density at radius 3 is 2.94 bits per heavy atom. The predicted octanol–water partition coefficient (Wildman–Crippen LogP) is 1.29. The number of nitrogens with zero attached hydrogens (tertiary/aromatic N) is 3. The van der Waals surface area contributed by atoms with Crippen LogP contribution in [-0.4, -0.2) is 44.9 Å². The van der Waals surface area contributed by atoms with Gasteiger partial charge in [0.15, 0.2) is 0 Å². The van der Waals surface area contributed by atoms with E-state index in [1.54, 1.807) is 6.20 Å². The lowest BCUT2D eigenvalue weighted by molar-refractivity contribution is 0.197. The highest BCUT2D eigenvalue weighted by atomic mass is 16.3. The van der Waals surface area contributed by atoms with Gasteiger partial charge in [-0.2, -0.15) is 5.10 Å². The molecule has 0 fully saturated rings. The summed E-state index contributed by atoms with van der Waals surface area (Å²) >= 11 is 0. The predicted molar refractivity (Wildman–Crippen MR) is 69.9 cm³/mol. The Hall–Kier alpha value is -1.72. The standard InChI is InChI=1S/C13H18N4O/c1-2-17(6-7-18)10-12-9-15-16-13(12)11-4-3-5-14-8-11/h3-5,8-9,18H,2,6-7,10H2,1H3,(H,15,16). The van der Waals surface area contributed by atoms with Gasteiger partial charge in [0.2, 0.25) is 0 Å². The zero-order chi connectivity index (χ0) is 12.8. The highest BCUT2D eigenvalue weighted by molar-refractivity contribution is 5.61. The number of H-pyrrole nitrogens is 1. The van der Waals surface area contributed by atoms with Gasteiger partial charge in [0.05, 0.1) is 18.5 Å². The molecular formula is C13H18N4O. The molecule has 0 atom stereocenters. The van der Waals surface area contributed by atoms with Crippen molar-refractivity contribution in [3.05, 3.63) is 36.3 Å². The van der Waals surface area contributed by atoms with Crippen molar-refractivity contribution in [2.75, 3.05) is 19.7 Å². The highest BCUT2D eigenvalue weighted by Crippen LogP contribution is 2.20. The van der Waals surface area contributed by atoms with E-state index in [1.165, 1.54) is 0 Å². The number of aliphatic hydroxyl groups excluding tert-OH is 1. The molecule has 96 valence electrons. The number of hydrogen-bond acceptors (Lipinski definition) is 4. The number of aromatic amines is 1. The molecule has 0 bridgehead atoms. The fraction of sp³-hybridized carbons (Fsp3) is 0.385. The molecule has 0 amide bonds. The molecule has 2 aromatic heterocycles. The van der Waals surface area contributed by atoms with Crippen molar-refractivity contribution < 1.29 is 5.11 Å². The van der Waals surface area contributed by atoms with Crippen LogP contribution in [0.5, 0.6) is 0 Å². The lowest BCUT2D eigenvalue weighted by Gasteiger charge is -2.18. The Balaban J connectivity index is 2.18. The van der Waals surface area contributed by atoms with Crippen LogP contribution in [0.25, 0.3) is 11.3 Å². The van der Waals surface area contributed by atoms with Crippen LogP contribution in [0.4, 0.5) is 0 Å². The Kier molecular flexibility index (Phi) is 4.44. The highest BCUT2D eigenvalue weighted by Gasteiger charge is 2.11. The van der Waals surface area contributed by atoms with E-state index in [-0.39, 0.29) is 6.61 Å². The molecule has 2 N–H and O–H groups in total. The first-order chi connectivity index (χ1) is 8.85. The van der Waals surface area contributed by atoms with Gasteiger partial charge < -0.3 is 5.11 Å². The largest absolute Gasteiger partial charge is 0.395 e. The molecule has 2 rings (SSSR count). The van der Waals surface area contributed by atoms with Crippen molar-refractivity contribution in [2.24, 2.45) is 0 Å². The lowest BCUT2D eigenvalue weighted by Crippen LogP contribution is -2.26. The molecule has 0 saturated carbocycles. The van der Waals surface area contributed by atoms with Crippen molar-refractivity contribution >= 4 is 0 Å². The van der Waals surface area contributed by atoms with Crippen molar-refractivity contribution in [1.82, 2.24) is 20.1 Å². The Morgan fingerprint density at radius 1 is 1.39 bits per heavy atom. The van der Waals surface area contributed by atoms with E-state index < -0.39 is 0 Å². The molecule has 0 aliphatic carbocycles. The molecule has 0 aromatic carbocycles. The minimum Gasteiger partial charge on any atom is -0.395 e. The summed E-state index contributed by atoms with van der Waals surface area (Å²) in [6.07, 6.45) is 5.41. The molecular weight excluding hydrogens is 228 g/mol. The summed E-state index contributed by atoms with van der Waals surface area (Å²) in [5.74, 6) is 0. The fourth-order valence-corrected chi connectivity index (χ4v) is 1.92. The van der Waals surface area contributed by atoms with E-state index in [1.807, 2.05) is 24.5 Å². The van der Waals surface area contributed by atoms with Gasteiger partial charge in [-0.05, 0) is 18.7 Å². The molecule has 5 heteroatoms. The van der Waals surface area contributed by atoms with Crippen molar-refractivity contribution in [2.45, 2.75) is 13.5 Å². The van der Waals surface area contributed by atoms with Crippen LogP contribution in [-0.2, 0) is 6.54 Å². The maximum absolute atomic E-state index is 9.01. The van der Waals surface area contributed by atoms with Crippen LogP contribution in [0.1, 0.15) is 12.5 Å². The second-order valence-electron chi connectivity index (χ2n) is 4.10. The summed E-state index contributed by atoms with van der Waals surface area (Å²) in [5.41, 5.74) is 3.16. The third kappa shape index (κ3) is 2.94. The van der Waals surface area contributed by atoms with Crippen molar-refractivity contribution in [3.63, 3.8) is 0 Å². The minimum atomic E-state index is 0.175. The summed E-state index contributed by atoms with van der Waals surface area (Å²) in [4.78, 5) is 6.29. The van der Waals surface area contributed by atoms with Gasteiger partial charge in [0, 0.05) is 36.6 Å². The van der Waals surface area contributed by atoms with Gasteiger partial charge in [0.1, 0.15) is 0 Å². The van der Waals surface area contributed by atoms with E-state index in [4.69, 9.17) is 5.11 Å². The van der Waals surface area contributed by atoms with Gasteiger partial charge in [-0.15, -0.1) is 0 Å². The monoisotopic (exact) mass is 246 g/mol. The van der Waals surface area contributed by atoms with Crippen LogP contribution in [0.2, 0.25) is 0 Å². The third-order valence-corrected chi connectivity index (χ3v) is 2.93. The number of likely N-dealkylation sites (N-methyl/N-ethyl adjacent to an activating group) is 1. The molecule has 0 unspecified atom stereocenters. The molecule has 5 nitrogen and oxygen atoms in total. The Bertz CT molecular complexity index is 469. The van der Waals surface area contributed by atoms with E-state index in [0.29, 0.717) is 6.54 Å². The zero-order valence-electron chi connectivity index (χ0n) is 10.5. The number of aliphatic hydroxyl groups is 1.